The average molecular weight is 316 g/mol. The van der Waals surface area contributed by atoms with Crippen molar-refractivity contribution in [1.29, 1.82) is 0 Å². The Hall–Kier alpha value is -2.10. The first-order chi connectivity index (χ1) is 10.2. The SMILES string of the molecule is Clc1ccc(/C=N\N=C/c2c[nH]c3ccccc23)c(Cl)c1. The van der Waals surface area contributed by atoms with E-state index in [1.165, 1.54) is 0 Å². The van der Waals surface area contributed by atoms with Crippen molar-refractivity contribution in [2.24, 2.45) is 10.2 Å². The summed E-state index contributed by atoms with van der Waals surface area (Å²) in [5, 5.41) is 10.3. The van der Waals surface area contributed by atoms with E-state index >= 15 is 0 Å². The highest BCUT2D eigenvalue weighted by Gasteiger charge is 1.99. The maximum atomic E-state index is 6.05. The number of nitrogens with one attached hydrogen (secondary N) is 1. The van der Waals surface area contributed by atoms with E-state index in [1.807, 2.05) is 30.5 Å². The van der Waals surface area contributed by atoms with Gasteiger partial charge >= 0.3 is 0 Å². The van der Waals surface area contributed by atoms with E-state index in [-0.39, 0.29) is 0 Å². The van der Waals surface area contributed by atoms with E-state index in [1.54, 1.807) is 30.6 Å². The molecule has 0 fully saturated rings. The van der Waals surface area contributed by atoms with Crippen molar-refractivity contribution in [3.8, 4) is 0 Å². The summed E-state index contributed by atoms with van der Waals surface area (Å²) in [6.07, 6.45) is 5.21. The number of nitrogens with zero attached hydrogens (tertiary/aromatic N) is 2. The quantitative estimate of drug-likeness (QED) is 0.526. The third-order valence-corrected chi connectivity index (χ3v) is 3.61. The third-order valence-electron chi connectivity index (χ3n) is 3.04. The van der Waals surface area contributed by atoms with E-state index in [9.17, 15) is 0 Å². The Morgan fingerprint density at radius 2 is 1.67 bits per heavy atom. The molecule has 5 heteroatoms. The summed E-state index contributed by atoms with van der Waals surface area (Å²) in [5.74, 6) is 0. The normalized spacial score (nSPS) is 11.9. The van der Waals surface area contributed by atoms with Gasteiger partial charge in [-0.15, -0.1) is 0 Å². The molecule has 0 aliphatic rings. The van der Waals surface area contributed by atoms with Crippen LogP contribution in [0.5, 0.6) is 0 Å². The van der Waals surface area contributed by atoms with Gasteiger partial charge in [-0.3, -0.25) is 0 Å². The number of hydrogen-bond acceptors (Lipinski definition) is 2. The summed E-state index contributed by atoms with van der Waals surface area (Å²) < 4.78 is 0. The van der Waals surface area contributed by atoms with Gasteiger partial charge in [-0.25, -0.2) is 0 Å². The molecule has 0 saturated heterocycles. The number of H-pyrrole nitrogens is 1. The Bertz CT molecular complexity index is 834. The van der Waals surface area contributed by atoms with Crippen molar-refractivity contribution >= 4 is 46.5 Å². The third kappa shape index (κ3) is 3.15. The molecule has 1 aromatic heterocycles. The maximum absolute atomic E-state index is 6.05. The minimum atomic E-state index is 0.550. The van der Waals surface area contributed by atoms with E-state index in [2.05, 4.69) is 15.2 Å². The first-order valence-electron chi connectivity index (χ1n) is 6.31. The summed E-state index contributed by atoms with van der Waals surface area (Å²) in [4.78, 5) is 3.18. The summed E-state index contributed by atoms with van der Waals surface area (Å²) in [6.45, 7) is 0. The molecule has 21 heavy (non-hydrogen) atoms. The number of aromatic nitrogens is 1. The molecular formula is C16H11Cl2N3. The molecule has 0 spiro atoms. The van der Waals surface area contributed by atoms with Crippen LogP contribution in [-0.4, -0.2) is 17.4 Å². The van der Waals surface area contributed by atoms with Crippen molar-refractivity contribution in [2.75, 3.05) is 0 Å². The van der Waals surface area contributed by atoms with Gasteiger partial charge in [0.1, 0.15) is 0 Å². The lowest BCUT2D eigenvalue weighted by Gasteiger charge is -1.96. The van der Waals surface area contributed by atoms with Gasteiger partial charge in [0.15, 0.2) is 0 Å². The topological polar surface area (TPSA) is 40.5 Å². The van der Waals surface area contributed by atoms with Crippen LogP contribution in [0.3, 0.4) is 0 Å². The molecule has 0 aliphatic heterocycles. The predicted molar refractivity (Wildman–Crippen MR) is 89.9 cm³/mol. The van der Waals surface area contributed by atoms with Crippen molar-refractivity contribution in [2.45, 2.75) is 0 Å². The van der Waals surface area contributed by atoms with Crippen molar-refractivity contribution in [3.63, 3.8) is 0 Å². The van der Waals surface area contributed by atoms with E-state index in [0.29, 0.717) is 10.0 Å². The maximum Gasteiger partial charge on any atom is 0.0589 e. The first-order valence-corrected chi connectivity index (χ1v) is 7.07. The molecule has 3 nitrogen and oxygen atoms in total. The van der Waals surface area contributed by atoms with Crippen LogP contribution in [0.4, 0.5) is 0 Å². The standard InChI is InChI=1S/C16H11Cl2N3/c17-13-6-5-11(15(18)7-13)9-20-21-10-12-8-19-16-4-2-1-3-14(12)16/h1-10,19H/b20-9-,21-10-. The molecule has 2 aromatic carbocycles. The number of hydrogen-bond donors (Lipinski definition) is 1. The van der Waals surface area contributed by atoms with Crippen LogP contribution in [0.1, 0.15) is 11.1 Å². The second-order valence-electron chi connectivity index (χ2n) is 4.44. The Kier molecular flexibility index (Phi) is 4.04. The van der Waals surface area contributed by atoms with Gasteiger partial charge in [0.25, 0.3) is 0 Å². The molecule has 1 heterocycles. The zero-order valence-corrected chi connectivity index (χ0v) is 12.4. The van der Waals surface area contributed by atoms with Crippen LogP contribution in [0.25, 0.3) is 10.9 Å². The van der Waals surface area contributed by atoms with Crippen LogP contribution in [0.15, 0.2) is 58.9 Å². The molecule has 0 atom stereocenters. The first kappa shape index (κ1) is 13.9. The lowest BCUT2D eigenvalue weighted by Crippen LogP contribution is -1.82. The van der Waals surface area contributed by atoms with Crippen LogP contribution >= 0.6 is 23.2 Å². The number of benzene rings is 2. The summed E-state index contributed by atoms with van der Waals surface area (Å²) in [6, 6.07) is 13.3. The van der Waals surface area contributed by atoms with Gasteiger partial charge in [0, 0.05) is 33.2 Å². The van der Waals surface area contributed by atoms with Crippen molar-refractivity contribution in [1.82, 2.24) is 4.98 Å². The van der Waals surface area contributed by atoms with E-state index in [4.69, 9.17) is 23.2 Å². The minimum absolute atomic E-state index is 0.550. The molecule has 0 amide bonds. The second kappa shape index (κ2) is 6.12. The highest BCUT2D eigenvalue weighted by Crippen LogP contribution is 2.19. The molecule has 0 aliphatic carbocycles. The van der Waals surface area contributed by atoms with E-state index in [0.717, 1.165) is 22.0 Å². The Balaban J connectivity index is 1.79. The zero-order chi connectivity index (χ0) is 14.7. The van der Waals surface area contributed by atoms with Gasteiger partial charge in [0.2, 0.25) is 0 Å². The molecular weight excluding hydrogens is 305 g/mol. The molecule has 3 aromatic rings. The highest BCUT2D eigenvalue weighted by molar-refractivity contribution is 6.36. The fraction of sp³-hybridized carbons (Fsp3) is 0. The van der Waals surface area contributed by atoms with Gasteiger partial charge in [0.05, 0.1) is 17.5 Å². The monoisotopic (exact) mass is 315 g/mol. The van der Waals surface area contributed by atoms with Crippen LogP contribution in [0, 0.1) is 0 Å². The minimum Gasteiger partial charge on any atom is -0.361 e. The van der Waals surface area contributed by atoms with Crippen LogP contribution in [0.2, 0.25) is 10.0 Å². The Labute approximate surface area is 131 Å². The van der Waals surface area contributed by atoms with Crippen LogP contribution < -0.4 is 0 Å². The molecule has 0 unspecified atom stereocenters. The smallest absolute Gasteiger partial charge is 0.0589 e. The number of halogens is 2. The number of rotatable bonds is 3. The molecule has 0 radical (unpaired) electrons. The second-order valence-corrected chi connectivity index (χ2v) is 5.29. The highest BCUT2D eigenvalue weighted by atomic mass is 35.5. The lowest BCUT2D eigenvalue weighted by molar-refractivity contribution is 1.26. The number of fused-ring (bicyclic) bond motifs is 1. The predicted octanol–water partition coefficient (Wildman–Crippen LogP) is 4.93. The van der Waals surface area contributed by atoms with Gasteiger partial charge in [-0.05, 0) is 18.2 Å². The number of aromatic amines is 1. The Morgan fingerprint density at radius 3 is 2.48 bits per heavy atom. The number of para-hydroxylation sites is 1. The molecule has 1 N–H and O–H groups in total. The summed E-state index contributed by atoms with van der Waals surface area (Å²) >= 11 is 11.9. The van der Waals surface area contributed by atoms with E-state index < -0.39 is 0 Å². The van der Waals surface area contributed by atoms with Crippen molar-refractivity contribution < 1.29 is 0 Å². The molecule has 0 saturated carbocycles. The van der Waals surface area contributed by atoms with Crippen LogP contribution in [-0.2, 0) is 0 Å². The molecule has 104 valence electrons. The zero-order valence-electron chi connectivity index (χ0n) is 10.9. The average Bonchev–Trinajstić information content (AvgIpc) is 2.89. The van der Waals surface area contributed by atoms with Gasteiger partial charge < -0.3 is 4.98 Å². The summed E-state index contributed by atoms with van der Waals surface area (Å²) in [7, 11) is 0. The fourth-order valence-electron chi connectivity index (χ4n) is 2.00. The largest absolute Gasteiger partial charge is 0.361 e. The Morgan fingerprint density at radius 1 is 0.905 bits per heavy atom. The van der Waals surface area contributed by atoms with Gasteiger partial charge in [-0.1, -0.05) is 47.5 Å². The fourth-order valence-corrected chi connectivity index (χ4v) is 2.46. The molecule has 3 rings (SSSR count). The summed E-state index contributed by atoms with van der Waals surface area (Å²) in [5.41, 5.74) is 2.84. The lowest BCUT2D eigenvalue weighted by atomic mass is 10.2. The van der Waals surface area contributed by atoms with Gasteiger partial charge in [-0.2, -0.15) is 10.2 Å². The van der Waals surface area contributed by atoms with Crippen molar-refractivity contribution in [3.05, 3.63) is 69.8 Å². The molecule has 0 bridgehead atoms.